The number of fused-ring (bicyclic) bond motifs is 1. The summed E-state index contributed by atoms with van der Waals surface area (Å²) in [7, 11) is 0. The number of nitrogens with zero attached hydrogens (tertiary/aromatic N) is 2. The second-order valence-electron chi connectivity index (χ2n) is 8.14. The molecule has 0 unspecified atom stereocenters. The number of unbranched alkanes of at least 4 members (excludes halogenated alkanes) is 1. The average molecular weight is 435 g/mol. The van der Waals surface area contributed by atoms with Crippen molar-refractivity contribution in [2.45, 2.75) is 37.8 Å². The van der Waals surface area contributed by atoms with Crippen LogP contribution < -0.4 is 5.32 Å². The zero-order valence-electron chi connectivity index (χ0n) is 17.9. The van der Waals surface area contributed by atoms with Crippen molar-refractivity contribution < 1.29 is 19.1 Å². The second kappa shape index (κ2) is 9.41. The minimum Gasteiger partial charge on any atom is -0.394 e. The topological polar surface area (TPSA) is 72.9 Å². The molecule has 0 bridgehead atoms. The second-order valence-corrected chi connectivity index (χ2v) is 8.14. The quantitative estimate of drug-likeness (QED) is 0.725. The molecule has 2 N–H and O–H groups in total. The molecule has 2 aromatic carbocycles. The van der Waals surface area contributed by atoms with Gasteiger partial charge in [-0.25, -0.2) is 9.18 Å². The number of hydrogen-bond acceptors (Lipinski definition) is 3. The Morgan fingerprint density at radius 2 is 2.03 bits per heavy atom. The van der Waals surface area contributed by atoms with Crippen LogP contribution in [0.25, 0.3) is 0 Å². The maximum absolute atomic E-state index is 13.4. The number of anilines is 1. The highest BCUT2D eigenvalue weighted by atomic mass is 19.1. The van der Waals surface area contributed by atoms with Crippen LogP contribution in [-0.4, -0.2) is 58.6 Å². The highest BCUT2D eigenvalue weighted by Crippen LogP contribution is 2.43. The molecule has 3 amide bonds. The van der Waals surface area contributed by atoms with Gasteiger partial charge in [0, 0.05) is 30.1 Å². The molecule has 2 saturated heterocycles. The number of hydrogen-bond donors (Lipinski definition) is 2. The summed E-state index contributed by atoms with van der Waals surface area (Å²) in [6.07, 6.45) is 1.86. The van der Waals surface area contributed by atoms with Gasteiger partial charge in [-0.05, 0) is 42.3 Å². The van der Waals surface area contributed by atoms with Crippen LogP contribution in [0.3, 0.4) is 0 Å². The summed E-state index contributed by atoms with van der Waals surface area (Å²) in [5, 5.41) is 12.6. The fraction of sp³-hybridized carbons (Fsp3) is 0.360. The van der Waals surface area contributed by atoms with Gasteiger partial charge in [-0.3, -0.25) is 4.79 Å². The van der Waals surface area contributed by atoms with E-state index in [2.05, 4.69) is 24.1 Å². The Kier molecular flexibility index (Phi) is 6.42. The van der Waals surface area contributed by atoms with Crippen molar-refractivity contribution >= 4 is 17.6 Å². The predicted octanol–water partition coefficient (Wildman–Crippen LogP) is 3.18. The van der Waals surface area contributed by atoms with Crippen molar-refractivity contribution in [3.05, 3.63) is 65.5 Å². The number of amides is 3. The van der Waals surface area contributed by atoms with Gasteiger partial charge in [-0.1, -0.05) is 37.0 Å². The molecule has 0 spiro atoms. The lowest BCUT2D eigenvalue weighted by atomic mass is 9.73. The fourth-order valence-electron chi connectivity index (χ4n) is 4.50. The standard InChI is InChI=1S/C25H26FN3O3/c1-2-3-4-6-17-9-11-18(12-10-17)24-21-14-28(15-23(31)29(21)22(24)16-30)25(32)27-20-8-5-7-19(26)13-20/h5,7-13,21-22,24,30H,2-3,14-16H2,1H3,(H,27,32)/t21-,22-,24+/m0/s1. The number of aliphatic hydroxyl groups is 1. The first-order chi connectivity index (χ1) is 15.5. The van der Waals surface area contributed by atoms with Crippen LogP contribution in [0.1, 0.15) is 36.8 Å². The molecule has 2 aromatic rings. The number of carbonyl (C=O) groups is 2. The third-order valence-electron chi connectivity index (χ3n) is 6.02. The molecule has 0 saturated carbocycles. The molecule has 3 atom stereocenters. The van der Waals surface area contributed by atoms with Gasteiger partial charge in [-0.15, -0.1) is 0 Å². The molecule has 32 heavy (non-hydrogen) atoms. The first-order valence-electron chi connectivity index (χ1n) is 10.8. The Bertz CT molecular complexity index is 1060. The van der Waals surface area contributed by atoms with Crippen molar-refractivity contribution in [3.8, 4) is 11.8 Å². The molecule has 2 fully saturated rings. The maximum Gasteiger partial charge on any atom is 0.322 e. The molecular weight excluding hydrogens is 409 g/mol. The van der Waals surface area contributed by atoms with Gasteiger partial charge in [0.2, 0.25) is 5.91 Å². The number of aliphatic hydroxyl groups excluding tert-OH is 1. The van der Waals surface area contributed by atoms with Crippen LogP contribution in [0.5, 0.6) is 0 Å². The van der Waals surface area contributed by atoms with Gasteiger partial charge < -0.3 is 20.2 Å². The molecule has 7 heteroatoms. The number of nitrogens with one attached hydrogen (secondary N) is 1. The van der Waals surface area contributed by atoms with Crippen molar-refractivity contribution in [2.24, 2.45) is 0 Å². The summed E-state index contributed by atoms with van der Waals surface area (Å²) in [5.74, 6) is 5.53. The number of rotatable bonds is 4. The minimum atomic E-state index is -0.448. The summed E-state index contributed by atoms with van der Waals surface area (Å²) in [6, 6.07) is 12.5. The Balaban J connectivity index is 1.49. The van der Waals surface area contributed by atoms with E-state index in [1.807, 2.05) is 24.3 Å². The van der Waals surface area contributed by atoms with E-state index in [9.17, 15) is 19.1 Å². The number of urea groups is 1. The first-order valence-corrected chi connectivity index (χ1v) is 10.8. The summed E-state index contributed by atoms with van der Waals surface area (Å²) in [4.78, 5) is 28.6. The van der Waals surface area contributed by atoms with E-state index in [4.69, 9.17) is 0 Å². The largest absolute Gasteiger partial charge is 0.394 e. The normalized spacial score (nSPS) is 21.8. The molecule has 4 rings (SSSR count). The van der Waals surface area contributed by atoms with E-state index in [-0.39, 0.29) is 37.1 Å². The van der Waals surface area contributed by atoms with Crippen LogP contribution in [0, 0.1) is 17.7 Å². The van der Waals surface area contributed by atoms with E-state index in [0.717, 1.165) is 24.0 Å². The van der Waals surface area contributed by atoms with E-state index in [0.29, 0.717) is 12.2 Å². The lowest BCUT2D eigenvalue weighted by molar-refractivity contribution is -0.159. The number of benzene rings is 2. The highest BCUT2D eigenvalue weighted by Gasteiger charge is 2.54. The summed E-state index contributed by atoms with van der Waals surface area (Å²) < 4.78 is 13.4. The molecular formula is C25H26FN3O3. The summed E-state index contributed by atoms with van der Waals surface area (Å²) in [6.45, 7) is 2.21. The Morgan fingerprint density at radius 1 is 1.25 bits per heavy atom. The first kappa shape index (κ1) is 21.8. The van der Waals surface area contributed by atoms with Crippen LogP contribution in [0.15, 0.2) is 48.5 Å². The van der Waals surface area contributed by atoms with Crippen molar-refractivity contribution in [2.75, 3.05) is 25.0 Å². The van der Waals surface area contributed by atoms with Gasteiger partial charge in [0.25, 0.3) is 0 Å². The zero-order chi connectivity index (χ0) is 22.7. The molecule has 166 valence electrons. The van der Waals surface area contributed by atoms with Gasteiger partial charge in [0.15, 0.2) is 0 Å². The number of piperazine rings is 1. The molecule has 2 aliphatic heterocycles. The lowest BCUT2D eigenvalue weighted by Crippen LogP contribution is -2.73. The zero-order valence-corrected chi connectivity index (χ0v) is 17.9. The summed E-state index contributed by atoms with van der Waals surface area (Å²) >= 11 is 0. The molecule has 0 aromatic heterocycles. The predicted molar refractivity (Wildman–Crippen MR) is 119 cm³/mol. The van der Waals surface area contributed by atoms with Crippen molar-refractivity contribution in [3.63, 3.8) is 0 Å². The van der Waals surface area contributed by atoms with Crippen molar-refractivity contribution in [1.82, 2.24) is 9.80 Å². The smallest absolute Gasteiger partial charge is 0.322 e. The van der Waals surface area contributed by atoms with Crippen LogP contribution in [-0.2, 0) is 4.79 Å². The maximum atomic E-state index is 13.4. The Morgan fingerprint density at radius 3 is 2.72 bits per heavy atom. The SMILES string of the molecule is CCCC#Cc1ccc([C@H]2[C@H](CO)N3C(=O)CN(C(=O)Nc4cccc(F)c4)C[C@@H]23)cc1. The van der Waals surface area contributed by atoms with E-state index in [1.54, 1.807) is 11.0 Å². The Labute approximate surface area is 187 Å². The average Bonchev–Trinajstić information content (AvgIpc) is 2.76. The highest BCUT2D eigenvalue weighted by molar-refractivity contribution is 5.93. The monoisotopic (exact) mass is 435 g/mol. The van der Waals surface area contributed by atoms with Crippen LogP contribution in [0.2, 0.25) is 0 Å². The molecule has 0 radical (unpaired) electrons. The Hall–Kier alpha value is -3.37. The van der Waals surface area contributed by atoms with Gasteiger partial charge in [0.05, 0.1) is 18.7 Å². The van der Waals surface area contributed by atoms with E-state index < -0.39 is 11.8 Å². The van der Waals surface area contributed by atoms with E-state index in [1.165, 1.54) is 23.1 Å². The molecule has 2 aliphatic rings. The third kappa shape index (κ3) is 4.32. The van der Waals surface area contributed by atoms with Crippen molar-refractivity contribution in [1.29, 1.82) is 0 Å². The lowest BCUT2D eigenvalue weighted by Gasteiger charge is -2.58. The fourth-order valence-corrected chi connectivity index (χ4v) is 4.50. The molecule has 0 aliphatic carbocycles. The van der Waals surface area contributed by atoms with Crippen LogP contribution >= 0.6 is 0 Å². The van der Waals surface area contributed by atoms with E-state index >= 15 is 0 Å². The van der Waals surface area contributed by atoms with Crippen LogP contribution in [0.4, 0.5) is 14.9 Å². The summed E-state index contributed by atoms with van der Waals surface area (Å²) in [5.41, 5.74) is 2.27. The number of halogens is 1. The van der Waals surface area contributed by atoms with Gasteiger partial charge >= 0.3 is 6.03 Å². The molecule has 6 nitrogen and oxygen atoms in total. The third-order valence-corrected chi connectivity index (χ3v) is 6.02. The molecule has 2 heterocycles. The number of carbonyl (C=O) groups excluding carboxylic acids is 2. The van der Waals surface area contributed by atoms with Gasteiger partial charge in [-0.2, -0.15) is 0 Å². The van der Waals surface area contributed by atoms with Gasteiger partial charge in [0.1, 0.15) is 12.4 Å². The minimum absolute atomic E-state index is 0.0766.